The Kier molecular flexibility index (Phi) is 8.00. The lowest BCUT2D eigenvalue weighted by atomic mass is 10.2. The zero-order chi connectivity index (χ0) is 24.7. The summed E-state index contributed by atoms with van der Waals surface area (Å²) in [5, 5.41) is 0.662. The number of para-hydroxylation sites is 1. The smallest absolute Gasteiger partial charge is 0.266 e. The first-order valence-electron chi connectivity index (χ1n) is 12.2. The van der Waals surface area contributed by atoms with Gasteiger partial charge in [0.25, 0.3) is 11.8 Å². The summed E-state index contributed by atoms with van der Waals surface area (Å²) in [5.74, 6) is 0.492. The van der Waals surface area contributed by atoms with E-state index in [-0.39, 0.29) is 24.5 Å². The Morgan fingerprint density at radius 1 is 1.08 bits per heavy atom. The van der Waals surface area contributed by atoms with Gasteiger partial charge in [-0.3, -0.25) is 14.5 Å². The number of thioether (sulfide) groups is 1. The van der Waals surface area contributed by atoms with Gasteiger partial charge in [0.2, 0.25) is 0 Å². The van der Waals surface area contributed by atoms with Crippen molar-refractivity contribution < 1.29 is 23.8 Å². The molecule has 2 aromatic carbocycles. The number of morpholine rings is 1. The monoisotopic (exact) mass is 507 g/mol. The summed E-state index contributed by atoms with van der Waals surface area (Å²) in [4.78, 5) is 34.4. The number of rotatable bonds is 7. The summed E-state index contributed by atoms with van der Waals surface area (Å²) in [6.45, 7) is 3.55. The van der Waals surface area contributed by atoms with Crippen molar-refractivity contribution in [3.8, 4) is 5.75 Å². The van der Waals surface area contributed by atoms with Crippen molar-refractivity contribution in [2.24, 2.45) is 4.99 Å². The molecule has 0 aliphatic carbocycles. The lowest BCUT2D eigenvalue weighted by molar-refractivity contribution is -0.137. The average Bonchev–Trinajstić information content (AvgIpc) is 3.53. The second-order valence-electron chi connectivity index (χ2n) is 8.74. The number of benzene rings is 2. The maximum absolute atomic E-state index is 13.3. The molecule has 5 rings (SSSR count). The van der Waals surface area contributed by atoms with Crippen LogP contribution >= 0.6 is 11.8 Å². The molecule has 0 saturated carbocycles. The molecule has 0 radical (unpaired) electrons. The fourth-order valence-corrected chi connectivity index (χ4v) is 5.23. The van der Waals surface area contributed by atoms with Crippen LogP contribution in [0, 0.1) is 0 Å². The number of nitrogens with zero attached hydrogens (tertiary/aromatic N) is 3. The van der Waals surface area contributed by atoms with Crippen LogP contribution in [-0.4, -0.2) is 78.9 Å². The van der Waals surface area contributed by atoms with Crippen LogP contribution in [0.1, 0.15) is 18.4 Å². The van der Waals surface area contributed by atoms with E-state index in [1.807, 2.05) is 60.7 Å². The number of ether oxygens (including phenoxy) is 3. The van der Waals surface area contributed by atoms with Gasteiger partial charge in [0.1, 0.15) is 5.75 Å². The van der Waals surface area contributed by atoms with Gasteiger partial charge < -0.3 is 19.1 Å². The minimum atomic E-state index is -0.0679. The molecule has 0 aromatic heterocycles. The highest BCUT2D eigenvalue weighted by Crippen LogP contribution is 2.35. The van der Waals surface area contributed by atoms with Gasteiger partial charge in [-0.2, -0.15) is 0 Å². The van der Waals surface area contributed by atoms with Crippen LogP contribution in [0.5, 0.6) is 5.75 Å². The zero-order valence-electron chi connectivity index (χ0n) is 20.0. The predicted octanol–water partition coefficient (Wildman–Crippen LogP) is 3.71. The number of carbonyl (C=O) groups is 2. The van der Waals surface area contributed by atoms with Gasteiger partial charge in [-0.25, -0.2) is 4.99 Å². The van der Waals surface area contributed by atoms with E-state index in [4.69, 9.17) is 19.2 Å². The molecule has 2 aromatic rings. The van der Waals surface area contributed by atoms with Crippen molar-refractivity contribution in [1.29, 1.82) is 0 Å². The first-order valence-corrected chi connectivity index (χ1v) is 13.0. The number of carbonyl (C=O) groups excluding carboxylic acids is 2. The largest absolute Gasteiger partial charge is 0.484 e. The van der Waals surface area contributed by atoms with Crippen molar-refractivity contribution in [2.45, 2.75) is 18.9 Å². The second kappa shape index (κ2) is 11.7. The summed E-state index contributed by atoms with van der Waals surface area (Å²) in [5.41, 5.74) is 1.68. The highest BCUT2D eigenvalue weighted by atomic mass is 32.2. The van der Waals surface area contributed by atoms with E-state index in [1.165, 1.54) is 11.8 Å². The van der Waals surface area contributed by atoms with Crippen molar-refractivity contribution in [3.63, 3.8) is 0 Å². The van der Waals surface area contributed by atoms with Crippen molar-refractivity contribution in [2.75, 3.05) is 46.1 Å². The van der Waals surface area contributed by atoms with Gasteiger partial charge in [0.05, 0.1) is 36.5 Å². The molecule has 2 amide bonds. The summed E-state index contributed by atoms with van der Waals surface area (Å²) in [6, 6.07) is 17.0. The lowest BCUT2D eigenvalue weighted by Crippen LogP contribution is -2.42. The molecule has 36 heavy (non-hydrogen) atoms. The van der Waals surface area contributed by atoms with Crippen LogP contribution in [0.2, 0.25) is 0 Å². The fraction of sp³-hybridized carbons (Fsp3) is 0.370. The van der Waals surface area contributed by atoms with Gasteiger partial charge in [-0.15, -0.1) is 0 Å². The predicted molar refractivity (Wildman–Crippen MR) is 139 cm³/mol. The lowest BCUT2D eigenvalue weighted by Gasteiger charge is -2.26. The summed E-state index contributed by atoms with van der Waals surface area (Å²) < 4.78 is 16.7. The third-order valence-corrected chi connectivity index (χ3v) is 7.19. The van der Waals surface area contributed by atoms with E-state index < -0.39 is 0 Å². The Morgan fingerprint density at radius 3 is 2.58 bits per heavy atom. The molecule has 188 valence electrons. The second-order valence-corrected chi connectivity index (χ2v) is 9.75. The van der Waals surface area contributed by atoms with Crippen molar-refractivity contribution in [3.05, 3.63) is 65.1 Å². The number of hydrogen-bond acceptors (Lipinski definition) is 7. The summed E-state index contributed by atoms with van der Waals surface area (Å²) >= 11 is 1.37. The van der Waals surface area contributed by atoms with Crippen LogP contribution in [0.25, 0.3) is 6.08 Å². The Labute approximate surface area is 214 Å². The fourth-order valence-electron chi connectivity index (χ4n) is 4.22. The van der Waals surface area contributed by atoms with E-state index in [0.29, 0.717) is 48.7 Å². The van der Waals surface area contributed by atoms with Crippen LogP contribution in [0.3, 0.4) is 0 Å². The molecule has 3 aliphatic heterocycles. The van der Waals surface area contributed by atoms with Crippen LogP contribution in [0.4, 0.5) is 5.69 Å². The van der Waals surface area contributed by atoms with E-state index in [1.54, 1.807) is 9.80 Å². The topological polar surface area (TPSA) is 80.7 Å². The van der Waals surface area contributed by atoms with E-state index in [9.17, 15) is 9.59 Å². The minimum absolute atomic E-state index is 0.00766. The maximum atomic E-state index is 13.3. The van der Waals surface area contributed by atoms with E-state index >= 15 is 0 Å². The summed E-state index contributed by atoms with van der Waals surface area (Å²) in [7, 11) is 0. The zero-order valence-corrected chi connectivity index (χ0v) is 20.8. The molecule has 0 spiro atoms. The highest BCUT2D eigenvalue weighted by molar-refractivity contribution is 8.18. The molecule has 0 bridgehead atoms. The Morgan fingerprint density at radius 2 is 1.86 bits per heavy atom. The Balaban J connectivity index is 1.26. The molecule has 3 heterocycles. The molecule has 0 unspecified atom stereocenters. The maximum Gasteiger partial charge on any atom is 0.266 e. The average molecular weight is 508 g/mol. The standard InChI is InChI=1S/C27H29N3O5S/c31-25(29-12-15-33-16-13-29)19-35-22-10-8-20(9-11-22)17-24-26(32)30(18-23-7-4-14-34-23)27(36-24)28-21-5-2-1-3-6-21/h1-3,5-6,8-11,17,23H,4,7,12-16,18-19H2/b24-17-,28-27?/t23-/m0/s1. The molecular weight excluding hydrogens is 478 g/mol. The molecular formula is C27H29N3O5S. The van der Waals surface area contributed by atoms with Gasteiger partial charge >= 0.3 is 0 Å². The van der Waals surface area contributed by atoms with Gasteiger partial charge in [-0.05, 0) is 60.5 Å². The quantitative estimate of drug-likeness (QED) is 0.532. The highest BCUT2D eigenvalue weighted by Gasteiger charge is 2.35. The van der Waals surface area contributed by atoms with Gasteiger partial charge in [-0.1, -0.05) is 30.3 Å². The molecule has 3 aliphatic rings. The molecule has 9 heteroatoms. The number of hydrogen-bond donors (Lipinski definition) is 0. The molecule has 8 nitrogen and oxygen atoms in total. The van der Waals surface area contributed by atoms with E-state index in [2.05, 4.69) is 0 Å². The SMILES string of the molecule is O=C(COc1ccc(/C=C2\SC(=Nc3ccccc3)N(C[C@@H]3CCCO3)C2=O)cc1)N1CCOCC1. The first kappa shape index (κ1) is 24.5. The van der Waals surface area contributed by atoms with E-state index in [0.717, 1.165) is 30.7 Å². The van der Waals surface area contributed by atoms with Gasteiger partial charge in [0.15, 0.2) is 11.8 Å². The molecule has 3 saturated heterocycles. The number of amidine groups is 1. The molecule has 1 atom stereocenters. The van der Waals surface area contributed by atoms with Crippen LogP contribution in [-0.2, 0) is 19.1 Å². The van der Waals surface area contributed by atoms with Gasteiger partial charge in [0, 0.05) is 19.7 Å². The summed E-state index contributed by atoms with van der Waals surface area (Å²) in [6.07, 6.45) is 3.86. The third-order valence-electron chi connectivity index (χ3n) is 6.18. The number of amides is 2. The third kappa shape index (κ3) is 6.16. The Hall–Kier alpha value is -3.14. The molecule has 0 N–H and O–H groups in total. The normalized spacial score (nSPS) is 22.6. The molecule has 3 fully saturated rings. The minimum Gasteiger partial charge on any atom is -0.484 e. The number of aliphatic imine (C=N–C) groups is 1. The first-order chi connectivity index (χ1) is 17.7. The van der Waals surface area contributed by atoms with Crippen LogP contribution in [0.15, 0.2) is 64.5 Å². The van der Waals surface area contributed by atoms with Crippen molar-refractivity contribution in [1.82, 2.24) is 9.80 Å². The van der Waals surface area contributed by atoms with Crippen LogP contribution < -0.4 is 4.74 Å². The Bertz CT molecular complexity index is 1120. The van der Waals surface area contributed by atoms with Crippen molar-refractivity contribution >= 4 is 40.5 Å².